The second-order valence-corrected chi connectivity index (χ2v) is 8.71. The lowest BCUT2D eigenvalue weighted by molar-refractivity contribution is -0.116. The van der Waals surface area contributed by atoms with Crippen LogP contribution in [0.15, 0.2) is 42.5 Å². The van der Waals surface area contributed by atoms with Crippen molar-refractivity contribution >= 4 is 50.5 Å². The molecule has 0 aromatic heterocycles. The van der Waals surface area contributed by atoms with Crippen molar-refractivity contribution in [3.8, 4) is 0 Å². The Morgan fingerprint density at radius 1 is 1.12 bits per heavy atom. The number of anilines is 2. The molecule has 0 saturated heterocycles. The van der Waals surface area contributed by atoms with Crippen LogP contribution in [-0.2, 0) is 14.8 Å². The predicted octanol–water partition coefficient (Wildman–Crippen LogP) is 4.49. The van der Waals surface area contributed by atoms with Crippen molar-refractivity contribution in [2.45, 2.75) is 19.8 Å². The Morgan fingerprint density at radius 3 is 2.46 bits per heavy atom. The fraction of sp³-hybridized carbons (Fsp3) is 0.278. The molecular weight excluding hydrogens is 395 g/mol. The number of aryl methyl sites for hydroxylation is 1. The zero-order valence-corrected chi connectivity index (χ0v) is 16.8. The van der Waals surface area contributed by atoms with Gasteiger partial charge in [-0.25, -0.2) is 8.42 Å². The smallest absolute Gasteiger partial charge is 0.232 e. The number of halogens is 2. The highest BCUT2D eigenvalue weighted by atomic mass is 35.5. The minimum atomic E-state index is -3.48. The SMILES string of the molecule is Cc1ccc(Cl)cc1NC(=O)CCCN(c1cccc(Cl)c1)S(C)(=O)=O. The third-order valence-corrected chi connectivity index (χ3v) is 5.40. The number of amides is 1. The maximum Gasteiger partial charge on any atom is 0.232 e. The van der Waals surface area contributed by atoms with Crippen molar-refractivity contribution in [2.24, 2.45) is 0 Å². The van der Waals surface area contributed by atoms with E-state index in [1.165, 1.54) is 4.31 Å². The Labute approximate surface area is 164 Å². The molecule has 0 bridgehead atoms. The molecule has 0 aliphatic heterocycles. The van der Waals surface area contributed by atoms with Gasteiger partial charge in [-0.1, -0.05) is 35.3 Å². The van der Waals surface area contributed by atoms with Crippen molar-refractivity contribution in [1.29, 1.82) is 0 Å². The molecule has 0 aliphatic rings. The minimum absolute atomic E-state index is 0.179. The average Bonchev–Trinajstić information content (AvgIpc) is 2.54. The van der Waals surface area contributed by atoms with Crippen LogP contribution in [0.5, 0.6) is 0 Å². The molecule has 0 heterocycles. The van der Waals surface area contributed by atoms with Gasteiger partial charge in [0, 0.05) is 28.7 Å². The van der Waals surface area contributed by atoms with E-state index in [0.717, 1.165) is 11.8 Å². The number of nitrogens with zero attached hydrogens (tertiary/aromatic N) is 1. The summed E-state index contributed by atoms with van der Waals surface area (Å²) >= 11 is 11.9. The van der Waals surface area contributed by atoms with Crippen molar-refractivity contribution in [1.82, 2.24) is 0 Å². The summed E-state index contributed by atoms with van der Waals surface area (Å²) in [4.78, 5) is 12.2. The van der Waals surface area contributed by atoms with E-state index < -0.39 is 10.0 Å². The molecule has 0 saturated carbocycles. The highest BCUT2D eigenvalue weighted by Crippen LogP contribution is 2.23. The van der Waals surface area contributed by atoms with Crippen LogP contribution < -0.4 is 9.62 Å². The predicted molar refractivity (Wildman–Crippen MR) is 108 cm³/mol. The van der Waals surface area contributed by atoms with Crippen molar-refractivity contribution < 1.29 is 13.2 Å². The van der Waals surface area contributed by atoms with Gasteiger partial charge in [-0.05, 0) is 49.2 Å². The second kappa shape index (κ2) is 8.75. The van der Waals surface area contributed by atoms with E-state index in [4.69, 9.17) is 23.2 Å². The van der Waals surface area contributed by atoms with E-state index in [0.29, 0.717) is 27.8 Å². The summed E-state index contributed by atoms with van der Waals surface area (Å²) in [6, 6.07) is 11.9. The summed E-state index contributed by atoms with van der Waals surface area (Å²) in [5, 5.41) is 3.79. The molecule has 140 valence electrons. The summed E-state index contributed by atoms with van der Waals surface area (Å²) in [6.45, 7) is 2.05. The Hall–Kier alpha value is -1.76. The molecule has 0 spiro atoms. The Balaban J connectivity index is 1.99. The van der Waals surface area contributed by atoms with E-state index in [1.807, 2.05) is 13.0 Å². The standard InChI is InChI=1S/C18H20Cl2N2O3S/c1-13-8-9-15(20)12-17(13)21-18(23)7-4-10-22(26(2,24)25)16-6-3-5-14(19)11-16/h3,5-6,8-9,11-12H,4,7,10H2,1-2H3,(H,21,23). The molecule has 1 amide bonds. The molecule has 26 heavy (non-hydrogen) atoms. The van der Waals surface area contributed by atoms with Crippen molar-refractivity contribution in [2.75, 3.05) is 22.4 Å². The molecule has 5 nitrogen and oxygen atoms in total. The maximum absolute atomic E-state index is 12.2. The minimum Gasteiger partial charge on any atom is -0.326 e. The lowest BCUT2D eigenvalue weighted by Gasteiger charge is -2.22. The average molecular weight is 415 g/mol. The largest absolute Gasteiger partial charge is 0.326 e. The monoisotopic (exact) mass is 414 g/mol. The Bertz CT molecular complexity index is 901. The number of nitrogens with one attached hydrogen (secondary N) is 1. The summed E-state index contributed by atoms with van der Waals surface area (Å²) in [5.41, 5.74) is 2.03. The van der Waals surface area contributed by atoms with Crippen LogP contribution >= 0.6 is 23.2 Å². The fourth-order valence-corrected chi connectivity index (χ4v) is 3.76. The molecule has 2 aromatic carbocycles. The van der Waals surface area contributed by atoms with Gasteiger partial charge in [0.15, 0.2) is 0 Å². The molecule has 1 N–H and O–H groups in total. The molecule has 0 radical (unpaired) electrons. The van der Waals surface area contributed by atoms with Crippen LogP contribution in [0.3, 0.4) is 0 Å². The first-order valence-electron chi connectivity index (χ1n) is 7.96. The first kappa shape index (κ1) is 20.6. The summed E-state index contributed by atoms with van der Waals surface area (Å²) < 4.78 is 25.4. The third-order valence-electron chi connectivity index (χ3n) is 3.74. The van der Waals surface area contributed by atoms with Gasteiger partial charge in [0.05, 0.1) is 11.9 Å². The van der Waals surface area contributed by atoms with Crippen LogP contribution in [0.1, 0.15) is 18.4 Å². The quantitative estimate of drug-likeness (QED) is 0.725. The van der Waals surface area contributed by atoms with Gasteiger partial charge >= 0.3 is 0 Å². The Kier molecular flexibility index (Phi) is 6.92. The number of rotatable bonds is 7. The molecule has 8 heteroatoms. The van der Waals surface area contributed by atoms with Gasteiger partial charge in [-0.3, -0.25) is 9.10 Å². The molecular formula is C18H20Cl2N2O3S. The van der Waals surface area contributed by atoms with Gasteiger partial charge in [0.1, 0.15) is 0 Å². The van der Waals surface area contributed by atoms with Gasteiger partial charge in [-0.2, -0.15) is 0 Å². The third kappa shape index (κ3) is 5.90. The van der Waals surface area contributed by atoms with E-state index in [2.05, 4.69) is 5.32 Å². The van der Waals surface area contributed by atoms with Crippen molar-refractivity contribution in [3.63, 3.8) is 0 Å². The molecule has 0 fully saturated rings. The Morgan fingerprint density at radius 2 is 1.81 bits per heavy atom. The van der Waals surface area contributed by atoms with E-state index in [1.54, 1.807) is 36.4 Å². The first-order valence-corrected chi connectivity index (χ1v) is 10.6. The van der Waals surface area contributed by atoms with Crippen LogP contribution in [0.4, 0.5) is 11.4 Å². The highest BCUT2D eigenvalue weighted by Gasteiger charge is 2.18. The number of carbonyl (C=O) groups excluding carboxylic acids is 1. The number of sulfonamides is 1. The number of hydrogen-bond donors (Lipinski definition) is 1. The van der Waals surface area contributed by atoms with E-state index in [-0.39, 0.29) is 18.9 Å². The number of hydrogen-bond acceptors (Lipinski definition) is 3. The molecule has 2 aromatic rings. The van der Waals surface area contributed by atoms with E-state index in [9.17, 15) is 13.2 Å². The van der Waals surface area contributed by atoms with Crippen LogP contribution in [-0.4, -0.2) is 27.1 Å². The molecule has 0 unspecified atom stereocenters. The molecule has 0 aliphatic carbocycles. The van der Waals surface area contributed by atoms with Gasteiger partial charge in [0.25, 0.3) is 0 Å². The highest BCUT2D eigenvalue weighted by molar-refractivity contribution is 7.92. The zero-order chi connectivity index (χ0) is 19.3. The lowest BCUT2D eigenvalue weighted by Crippen LogP contribution is -2.31. The second-order valence-electron chi connectivity index (χ2n) is 5.93. The summed E-state index contributed by atoms with van der Waals surface area (Å²) in [5.74, 6) is -0.199. The molecule has 2 rings (SSSR count). The lowest BCUT2D eigenvalue weighted by atomic mass is 10.2. The van der Waals surface area contributed by atoms with E-state index >= 15 is 0 Å². The normalized spacial score (nSPS) is 11.2. The van der Waals surface area contributed by atoms with Crippen LogP contribution in [0.2, 0.25) is 10.0 Å². The number of benzene rings is 2. The van der Waals surface area contributed by atoms with Crippen LogP contribution in [0.25, 0.3) is 0 Å². The summed E-state index contributed by atoms with van der Waals surface area (Å²) in [7, 11) is -3.48. The fourth-order valence-electron chi connectivity index (χ4n) is 2.44. The van der Waals surface area contributed by atoms with Crippen LogP contribution in [0, 0.1) is 6.92 Å². The van der Waals surface area contributed by atoms with Gasteiger partial charge in [0.2, 0.25) is 15.9 Å². The van der Waals surface area contributed by atoms with Gasteiger partial charge < -0.3 is 5.32 Å². The topological polar surface area (TPSA) is 66.5 Å². The first-order chi connectivity index (χ1) is 12.2. The van der Waals surface area contributed by atoms with Gasteiger partial charge in [-0.15, -0.1) is 0 Å². The van der Waals surface area contributed by atoms with Crippen molar-refractivity contribution in [3.05, 3.63) is 58.1 Å². The summed E-state index contributed by atoms with van der Waals surface area (Å²) in [6.07, 6.45) is 1.67. The molecule has 0 atom stereocenters. The maximum atomic E-state index is 12.2. The number of carbonyl (C=O) groups is 1. The zero-order valence-electron chi connectivity index (χ0n) is 14.5.